The van der Waals surface area contributed by atoms with Crippen molar-refractivity contribution >= 4 is 5.91 Å². The Hall–Kier alpha value is -4.06. The summed E-state index contributed by atoms with van der Waals surface area (Å²) in [5, 5.41) is 2.96. The molecule has 0 unspecified atom stereocenters. The first-order chi connectivity index (χ1) is 15.7. The largest absolute Gasteiger partial charge is 0.489 e. The molecular formula is C26H25N3O3. The summed E-state index contributed by atoms with van der Waals surface area (Å²) in [5.74, 6) is 1.18. The summed E-state index contributed by atoms with van der Waals surface area (Å²) >= 11 is 0. The van der Waals surface area contributed by atoms with Gasteiger partial charge in [-0.1, -0.05) is 42.5 Å². The zero-order valence-electron chi connectivity index (χ0n) is 17.8. The lowest BCUT2D eigenvalue weighted by molar-refractivity contribution is -0.123. The van der Waals surface area contributed by atoms with Crippen LogP contribution in [0.2, 0.25) is 0 Å². The van der Waals surface area contributed by atoms with Crippen LogP contribution in [-0.2, 0) is 11.4 Å². The van der Waals surface area contributed by atoms with Gasteiger partial charge < -0.3 is 19.4 Å². The fraction of sp³-hybridized carbons (Fsp3) is 0.154. The van der Waals surface area contributed by atoms with E-state index in [0.717, 1.165) is 22.6 Å². The molecule has 0 saturated heterocycles. The van der Waals surface area contributed by atoms with Crippen molar-refractivity contribution in [3.63, 3.8) is 0 Å². The Kier molecular flexibility index (Phi) is 6.82. The van der Waals surface area contributed by atoms with Crippen molar-refractivity contribution in [2.24, 2.45) is 0 Å². The van der Waals surface area contributed by atoms with Crippen LogP contribution in [0.25, 0.3) is 5.69 Å². The van der Waals surface area contributed by atoms with Crippen LogP contribution in [0.4, 0.5) is 0 Å². The Bertz CT molecular complexity index is 1110. The summed E-state index contributed by atoms with van der Waals surface area (Å²) < 4.78 is 13.3. The van der Waals surface area contributed by atoms with Gasteiger partial charge in [-0.05, 0) is 54.4 Å². The van der Waals surface area contributed by atoms with E-state index in [-0.39, 0.29) is 18.6 Å². The second-order valence-corrected chi connectivity index (χ2v) is 7.39. The fourth-order valence-electron chi connectivity index (χ4n) is 3.24. The highest BCUT2D eigenvalue weighted by Gasteiger charge is 2.10. The highest BCUT2D eigenvalue weighted by molar-refractivity contribution is 5.78. The molecule has 0 fully saturated rings. The standard InChI is InChI=1S/C26H25N3O3/c1-20(22-7-9-23(10-8-22)29-16-15-27-19-29)28-26(30)18-32-25-13-11-24(12-14-25)31-17-21-5-3-2-4-6-21/h2-16,19-20H,17-18H2,1H3,(H,28,30)/t20-/m1/s1. The maximum absolute atomic E-state index is 12.3. The molecule has 0 bridgehead atoms. The van der Waals surface area contributed by atoms with Crippen LogP contribution in [0.3, 0.4) is 0 Å². The molecular weight excluding hydrogens is 402 g/mol. The molecule has 6 nitrogen and oxygen atoms in total. The van der Waals surface area contributed by atoms with E-state index in [2.05, 4.69) is 10.3 Å². The number of imidazole rings is 1. The Labute approximate surface area is 187 Å². The molecule has 0 spiro atoms. The molecule has 0 aliphatic carbocycles. The number of benzene rings is 3. The second kappa shape index (κ2) is 10.3. The monoisotopic (exact) mass is 427 g/mol. The van der Waals surface area contributed by atoms with Crippen molar-refractivity contribution in [3.8, 4) is 17.2 Å². The molecule has 0 aliphatic heterocycles. The molecule has 1 aromatic heterocycles. The van der Waals surface area contributed by atoms with Gasteiger partial charge in [-0.3, -0.25) is 4.79 Å². The lowest BCUT2D eigenvalue weighted by atomic mass is 10.1. The number of amides is 1. The van der Waals surface area contributed by atoms with Gasteiger partial charge in [0.05, 0.1) is 12.4 Å². The summed E-state index contributed by atoms with van der Waals surface area (Å²) in [6, 6.07) is 25.1. The van der Waals surface area contributed by atoms with E-state index in [1.807, 2.05) is 84.4 Å². The van der Waals surface area contributed by atoms with Crippen LogP contribution in [0.1, 0.15) is 24.1 Å². The summed E-state index contributed by atoms with van der Waals surface area (Å²) in [5.41, 5.74) is 3.14. The summed E-state index contributed by atoms with van der Waals surface area (Å²) in [6.45, 7) is 2.40. The third kappa shape index (κ3) is 5.76. The van der Waals surface area contributed by atoms with Crippen LogP contribution in [0.5, 0.6) is 11.5 Å². The molecule has 3 aromatic carbocycles. The molecule has 1 heterocycles. The van der Waals surface area contributed by atoms with Crippen LogP contribution in [-0.4, -0.2) is 22.1 Å². The van der Waals surface area contributed by atoms with Gasteiger partial charge in [0.2, 0.25) is 0 Å². The molecule has 32 heavy (non-hydrogen) atoms. The fourth-order valence-corrected chi connectivity index (χ4v) is 3.24. The van der Waals surface area contributed by atoms with Gasteiger partial charge in [-0.25, -0.2) is 4.98 Å². The summed E-state index contributed by atoms with van der Waals surface area (Å²) in [4.78, 5) is 16.4. The second-order valence-electron chi connectivity index (χ2n) is 7.39. The van der Waals surface area contributed by atoms with Gasteiger partial charge in [0.25, 0.3) is 5.91 Å². The number of carbonyl (C=O) groups is 1. The average molecular weight is 428 g/mol. The maximum atomic E-state index is 12.3. The predicted molar refractivity (Wildman–Crippen MR) is 123 cm³/mol. The smallest absolute Gasteiger partial charge is 0.258 e. The number of aromatic nitrogens is 2. The van der Waals surface area contributed by atoms with Crippen LogP contribution < -0.4 is 14.8 Å². The van der Waals surface area contributed by atoms with Gasteiger partial charge >= 0.3 is 0 Å². The number of rotatable bonds is 9. The number of ether oxygens (including phenoxy) is 2. The normalized spacial score (nSPS) is 11.5. The van der Waals surface area contributed by atoms with Gasteiger partial charge in [-0.15, -0.1) is 0 Å². The molecule has 1 amide bonds. The average Bonchev–Trinajstić information content (AvgIpc) is 3.38. The Balaban J connectivity index is 1.22. The molecule has 4 aromatic rings. The van der Waals surface area contributed by atoms with Crippen molar-refractivity contribution in [1.29, 1.82) is 0 Å². The summed E-state index contributed by atoms with van der Waals surface area (Å²) in [7, 11) is 0. The molecule has 6 heteroatoms. The van der Waals surface area contributed by atoms with Crippen LogP contribution in [0.15, 0.2) is 97.6 Å². The number of hydrogen-bond donors (Lipinski definition) is 1. The molecule has 4 rings (SSSR count). The van der Waals surface area contributed by atoms with Crippen molar-refractivity contribution < 1.29 is 14.3 Å². The van der Waals surface area contributed by atoms with Gasteiger partial charge in [0.15, 0.2) is 6.61 Å². The molecule has 162 valence electrons. The summed E-state index contributed by atoms with van der Waals surface area (Å²) in [6.07, 6.45) is 5.38. The number of nitrogens with one attached hydrogen (secondary N) is 1. The first-order valence-electron chi connectivity index (χ1n) is 10.4. The number of hydrogen-bond acceptors (Lipinski definition) is 4. The zero-order chi connectivity index (χ0) is 22.2. The third-order valence-electron chi connectivity index (χ3n) is 5.02. The SMILES string of the molecule is C[C@@H](NC(=O)COc1ccc(OCc2ccccc2)cc1)c1ccc(-n2ccnc2)cc1. The maximum Gasteiger partial charge on any atom is 0.258 e. The zero-order valence-corrected chi connectivity index (χ0v) is 17.8. The van der Waals surface area contributed by atoms with Gasteiger partial charge in [-0.2, -0.15) is 0 Å². The molecule has 0 aliphatic rings. The third-order valence-corrected chi connectivity index (χ3v) is 5.02. The van der Waals surface area contributed by atoms with E-state index in [1.54, 1.807) is 24.7 Å². The quantitative estimate of drug-likeness (QED) is 0.420. The minimum atomic E-state index is -0.180. The highest BCUT2D eigenvalue weighted by atomic mass is 16.5. The van der Waals surface area contributed by atoms with E-state index >= 15 is 0 Å². The Morgan fingerprint density at radius 1 is 0.938 bits per heavy atom. The lowest BCUT2D eigenvalue weighted by Gasteiger charge is -2.15. The van der Waals surface area contributed by atoms with Crippen LogP contribution >= 0.6 is 0 Å². The molecule has 1 atom stereocenters. The van der Waals surface area contributed by atoms with E-state index in [4.69, 9.17) is 9.47 Å². The van der Waals surface area contributed by atoms with Crippen LogP contribution in [0, 0.1) is 0 Å². The van der Waals surface area contributed by atoms with E-state index in [9.17, 15) is 4.79 Å². The number of carbonyl (C=O) groups excluding carboxylic acids is 1. The van der Waals surface area contributed by atoms with E-state index in [1.165, 1.54) is 0 Å². The Morgan fingerprint density at radius 3 is 2.28 bits per heavy atom. The van der Waals surface area contributed by atoms with Gasteiger partial charge in [0, 0.05) is 18.1 Å². The molecule has 1 N–H and O–H groups in total. The van der Waals surface area contributed by atoms with Crippen molar-refractivity contribution in [2.75, 3.05) is 6.61 Å². The highest BCUT2D eigenvalue weighted by Crippen LogP contribution is 2.19. The lowest BCUT2D eigenvalue weighted by Crippen LogP contribution is -2.31. The first kappa shape index (κ1) is 21.2. The minimum Gasteiger partial charge on any atom is -0.489 e. The van der Waals surface area contributed by atoms with Crippen molar-refractivity contribution in [1.82, 2.24) is 14.9 Å². The predicted octanol–water partition coefficient (Wildman–Crippen LogP) is 4.71. The van der Waals surface area contributed by atoms with Crippen molar-refractivity contribution in [3.05, 3.63) is 109 Å². The molecule has 0 radical (unpaired) electrons. The van der Waals surface area contributed by atoms with E-state index < -0.39 is 0 Å². The number of nitrogens with zero attached hydrogens (tertiary/aromatic N) is 2. The van der Waals surface area contributed by atoms with Gasteiger partial charge in [0.1, 0.15) is 18.1 Å². The van der Waals surface area contributed by atoms with Crippen molar-refractivity contribution in [2.45, 2.75) is 19.6 Å². The van der Waals surface area contributed by atoms with E-state index in [0.29, 0.717) is 12.4 Å². The Morgan fingerprint density at radius 2 is 1.62 bits per heavy atom. The minimum absolute atomic E-state index is 0.0539. The molecule has 0 saturated carbocycles. The topological polar surface area (TPSA) is 65.4 Å². The first-order valence-corrected chi connectivity index (χ1v) is 10.4.